The Balaban J connectivity index is 2.05. The summed E-state index contributed by atoms with van der Waals surface area (Å²) in [6.45, 7) is 5.60. The van der Waals surface area contributed by atoms with Crippen LogP contribution in [0.3, 0.4) is 0 Å². The number of aliphatic hydroxyl groups is 1. The Labute approximate surface area is 130 Å². The van der Waals surface area contributed by atoms with E-state index in [-0.39, 0.29) is 6.61 Å². The van der Waals surface area contributed by atoms with E-state index in [1.807, 2.05) is 18.2 Å². The van der Waals surface area contributed by atoms with Crippen LogP contribution in [0.25, 0.3) is 11.0 Å². The molecule has 0 saturated heterocycles. The Morgan fingerprint density at radius 1 is 1.14 bits per heavy atom. The van der Waals surface area contributed by atoms with Gasteiger partial charge in [-0.3, -0.25) is 0 Å². The van der Waals surface area contributed by atoms with Gasteiger partial charge in [0.25, 0.3) is 0 Å². The monoisotopic (exact) mass is 295 g/mol. The lowest BCUT2D eigenvalue weighted by molar-refractivity contribution is 0.310. The van der Waals surface area contributed by atoms with Crippen LogP contribution in [0.2, 0.25) is 0 Å². The fourth-order valence-electron chi connectivity index (χ4n) is 2.68. The van der Waals surface area contributed by atoms with Crippen LogP contribution in [0.1, 0.15) is 16.7 Å². The fourth-order valence-corrected chi connectivity index (χ4v) is 2.68. The van der Waals surface area contributed by atoms with E-state index in [9.17, 15) is 0 Å². The van der Waals surface area contributed by atoms with Gasteiger partial charge in [-0.25, -0.2) is 4.98 Å². The summed E-state index contributed by atoms with van der Waals surface area (Å²) in [6.07, 6.45) is 0. The molecular formula is C18H21N3O. The molecule has 0 saturated carbocycles. The van der Waals surface area contributed by atoms with Crippen molar-refractivity contribution in [3.63, 3.8) is 0 Å². The summed E-state index contributed by atoms with van der Waals surface area (Å²) in [5, 5.41) is 12.3. The number of nitrogens with zero attached hydrogens (tertiary/aromatic N) is 2. The number of imidazole rings is 1. The molecule has 0 aliphatic carbocycles. The maximum Gasteiger partial charge on any atom is 0.204 e. The van der Waals surface area contributed by atoms with Crippen molar-refractivity contribution >= 4 is 17.0 Å². The van der Waals surface area contributed by atoms with Crippen molar-refractivity contribution in [1.29, 1.82) is 0 Å². The maximum atomic E-state index is 9.06. The lowest BCUT2D eigenvalue weighted by Gasteiger charge is -2.13. The second-order valence-electron chi connectivity index (χ2n) is 5.59. The summed E-state index contributed by atoms with van der Waals surface area (Å²) >= 11 is 0. The number of rotatable bonds is 5. The van der Waals surface area contributed by atoms with Crippen LogP contribution in [0.15, 0.2) is 42.5 Å². The minimum Gasteiger partial charge on any atom is -0.395 e. The molecule has 0 unspecified atom stereocenters. The van der Waals surface area contributed by atoms with E-state index < -0.39 is 0 Å². The molecule has 0 radical (unpaired) electrons. The molecule has 114 valence electrons. The van der Waals surface area contributed by atoms with Crippen LogP contribution in [-0.4, -0.2) is 27.8 Å². The van der Waals surface area contributed by atoms with Gasteiger partial charge in [0.2, 0.25) is 5.95 Å². The largest absolute Gasteiger partial charge is 0.395 e. The first-order valence-electron chi connectivity index (χ1n) is 7.55. The van der Waals surface area contributed by atoms with E-state index in [1.54, 1.807) is 0 Å². The van der Waals surface area contributed by atoms with Crippen molar-refractivity contribution in [3.8, 4) is 0 Å². The number of benzene rings is 2. The number of hydrogen-bond donors (Lipinski definition) is 2. The third-order valence-corrected chi connectivity index (χ3v) is 3.88. The van der Waals surface area contributed by atoms with E-state index in [4.69, 9.17) is 5.11 Å². The Morgan fingerprint density at radius 3 is 2.77 bits per heavy atom. The van der Waals surface area contributed by atoms with Gasteiger partial charge >= 0.3 is 0 Å². The Kier molecular flexibility index (Phi) is 4.11. The predicted octanol–water partition coefficient (Wildman–Crippen LogP) is 3.11. The molecule has 0 fully saturated rings. The van der Waals surface area contributed by atoms with Crippen molar-refractivity contribution < 1.29 is 5.11 Å². The molecule has 0 aliphatic heterocycles. The second-order valence-corrected chi connectivity index (χ2v) is 5.59. The zero-order valence-electron chi connectivity index (χ0n) is 13.0. The Bertz CT molecular complexity index is 792. The molecule has 4 nitrogen and oxygen atoms in total. The molecule has 2 aromatic carbocycles. The van der Waals surface area contributed by atoms with E-state index in [0.717, 1.165) is 23.5 Å². The highest BCUT2D eigenvalue weighted by Gasteiger charge is 2.11. The smallest absolute Gasteiger partial charge is 0.204 e. The van der Waals surface area contributed by atoms with Gasteiger partial charge in [0, 0.05) is 6.54 Å². The van der Waals surface area contributed by atoms with Crippen molar-refractivity contribution in [3.05, 3.63) is 59.2 Å². The number of anilines is 1. The molecule has 1 aromatic heterocycles. The molecule has 0 aliphatic rings. The van der Waals surface area contributed by atoms with E-state index in [1.165, 1.54) is 16.7 Å². The number of aliphatic hydroxyl groups excluding tert-OH is 1. The summed E-state index contributed by atoms with van der Waals surface area (Å²) in [7, 11) is 0. The normalized spacial score (nSPS) is 11.0. The van der Waals surface area contributed by atoms with Crippen LogP contribution in [0, 0.1) is 13.8 Å². The van der Waals surface area contributed by atoms with Crippen LogP contribution in [0.4, 0.5) is 5.95 Å². The van der Waals surface area contributed by atoms with Gasteiger partial charge in [0.15, 0.2) is 0 Å². The summed E-state index contributed by atoms with van der Waals surface area (Å²) in [6, 6.07) is 14.6. The molecule has 0 spiro atoms. The van der Waals surface area contributed by atoms with Gasteiger partial charge in [0.05, 0.1) is 24.2 Å². The molecule has 0 amide bonds. The summed E-state index contributed by atoms with van der Waals surface area (Å²) in [5.41, 5.74) is 5.89. The van der Waals surface area contributed by atoms with Crippen LogP contribution in [-0.2, 0) is 6.54 Å². The highest BCUT2D eigenvalue weighted by molar-refractivity contribution is 5.78. The van der Waals surface area contributed by atoms with Gasteiger partial charge in [-0.05, 0) is 37.1 Å². The lowest BCUT2D eigenvalue weighted by Crippen LogP contribution is -2.12. The molecule has 2 N–H and O–H groups in total. The first-order valence-corrected chi connectivity index (χ1v) is 7.55. The molecule has 0 atom stereocenters. The molecule has 0 bridgehead atoms. The molecule has 3 aromatic rings. The first-order chi connectivity index (χ1) is 10.7. The number of nitrogens with one attached hydrogen (secondary N) is 1. The summed E-state index contributed by atoms with van der Waals surface area (Å²) in [5.74, 6) is 0.802. The van der Waals surface area contributed by atoms with Crippen molar-refractivity contribution in [2.45, 2.75) is 20.4 Å². The lowest BCUT2D eigenvalue weighted by atomic mass is 10.1. The molecule has 1 heterocycles. The van der Waals surface area contributed by atoms with Crippen LogP contribution < -0.4 is 5.32 Å². The molecule has 4 heteroatoms. The van der Waals surface area contributed by atoms with Gasteiger partial charge in [-0.1, -0.05) is 35.9 Å². The SMILES string of the molecule is Cc1ccc(C)c(Cn2c(NCCO)nc3ccccc32)c1. The Morgan fingerprint density at radius 2 is 1.95 bits per heavy atom. The van der Waals surface area contributed by atoms with Crippen LogP contribution >= 0.6 is 0 Å². The summed E-state index contributed by atoms with van der Waals surface area (Å²) in [4.78, 5) is 4.64. The standard InChI is InChI=1S/C18H21N3O/c1-13-7-8-14(2)15(11-13)12-21-17-6-4-3-5-16(17)20-18(21)19-9-10-22/h3-8,11,22H,9-10,12H2,1-2H3,(H,19,20). The number of aryl methyl sites for hydroxylation is 2. The van der Waals surface area contributed by atoms with Crippen molar-refractivity contribution in [1.82, 2.24) is 9.55 Å². The zero-order valence-corrected chi connectivity index (χ0v) is 13.0. The van der Waals surface area contributed by atoms with Crippen molar-refractivity contribution in [2.75, 3.05) is 18.5 Å². The third kappa shape index (κ3) is 2.83. The highest BCUT2D eigenvalue weighted by atomic mass is 16.3. The highest BCUT2D eigenvalue weighted by Crippen LogP contribution is 2.22. The van der Waals surface area contributed by atoms with Gasteiger partial charge in [0.1, 0.15) is 0 Å². The van der Waals surface area contributed by atoms with Gasteiger partial charge in [-0.2, -0.15) is 0 Å². The van der Waals surface area contributed by atoms with Crippen molar-refractivity contribution in [2.24, 2.45) is 0 Å². The van der Waals surface area contributed by atoms with E-state index >= 15 is 0 Å². The Hall–Kier alpha value is -2.33. The zero-order chi connectivity index (χ0) is 15.5. The third-order valence-electron chi connectivity index (χ3n) is 3.88. The second kappa shape index (κ2) is 6.20. The minimum absolute atomic E-state index is 0.0900. The molecule has 3 rings (SSSR count). The quantitative estimate of drug-likeness (QED) is 0.760. The minimum atomic E-state index is 0.0900. The number of aromatic nitrogens is 2. The van der Waals surface area contributed by atoms with Crippen LogP contribution in [0.5, 0.6) is 0 Å². The average Bonchev–Trinajstić information content (AvgIpc) is 2.87. The molecule has 22 heavy (non-hydrogen) atoms. The predicted molar refractivity (Wildman–Crippen MR) is 90.3 cm³/mol. The average molecular weight is 295 g/mol. The van der Waals surface area contributed by atoms with Gasteiger partial charge in [-0.15, -0.1) is 0 Å². The maximum absolute atomic E-state index is 9.06. The summed E-state index contributed by atoms with van der Waals surface area (Å²) < 4.78 is 2.17. The van der Waals surface area contributed by atoms with E-state index in [0.29, 0.717) is 6.54 Å². The van der Waals surface area contributed by atoms with E-state index in [2.05, 4.69) is 53.0 Å². The number of fused-ring (bicyclic) bond motifs is 1. The number of para-hydroxylation sites is 2. The fraction of sp³-hybridized carbons (Fsp3) is 0.278. The molecular weight excluding hydrogens is 274 g/mol. The first kappa shape index (κ1) is 14.6. The number of hydrogen-bond acceptors (Lipinski definition) is 3. The topological polar surface area (TPSA) is 50.1 Å². The van der Waals surface area contributed by atoms with Gasteiger partial charge < -0.3 is 15.0 Å².